The van der Waals surface area contributed by atoms with Crippen molar-refractivity contribution in [2.24, 2.45) is 7.05 Å². The van der Waals surface area contributed by atoms with Gasteiger partial charge < -0.3 is 0 Å². The Morgan fingerprint density at radius 3 is 2.47 bits per heavy atom. The maximum Gasteiger partial charge on any atom is 0.177 e. The Labute approximate surface area is 86.6 Å². The van der Waals surface area contributed by atoms with Crippen molar-refractivity contribution < 1.29 is 0 Å². The number of aryl methyl sites for hydroxylation is 2. The smallest absolute Gasteiger partial charge is 0.177 e. The van der Waals surface area contributed by atoms with Gasteiger partial charge in [0.05, 0.1) is 16.7 Å². The minimum atomic E-state index is 0.839. The van der Waals surface area contributed by atoms with Crippen molar-refractivity contribution in [3.05, 3.63) is 30.0 Å². The summed E-state index contributed by atoms with van der Waals surface area (Å²) in [4.78, 5) is 9.09. The molecule has 0 radical (unpaired) electrons. The maximum atomic E-state index is 4.55. The second kappa shape index (κ2) is 2.76. The monoisotopic (exact) mass is 198 g/mol. The molecule has 0 spiro atoms. The van der Waals surface area contributed by atoms with Gasteiger partial charge in [0.2, 0.25) is 0 Å². The van der Waals surface area contributed by atoms with Crippen LogP contribution in [0.5, 0.6) is 0 Å². The van der Waals surface area contributed by atoms with Gasteiger partial charge in [0.15, 0.2) is 5.65 Å². The molecule has 0 fully saturated rings. The van der Waals surface area contributed by atoms with E-state index in [1.54, 1.807) is 4.68 Å². The van der Waals surface area contributed by atoms with Crippen molar-refractivity contribution in [2.75, 3.05) is 0 Å². The maximum absolute atomic E-state index is 4.55. The number of rotatable bonds is 0. The van der Waals surface area contributed by atoms with E-state index in [2.05, 4.69) is 15.1 Å². The summed E-state index contributed by atoms with van der Waals surface area (Å²) < 4.78 is 1.77. The van der Waals surface area contributed by atoms with Crippen LogP contribution in [0.3, 0.4) is 0 Å². The molecule has 0 atom stereocenters. The van der Waals surface area contributed by atoms with Gasteiger partial charge in [-0.15, -0.1) is 0 Å². The van der Waals surface area contributed by atoms with E-state index in [1.165, 1.54) is 0 Å². The van der Waals surface area contributed by atoms with E-state index < -0.39 is 0 Å². The lowest BCUT2D eigenvalue weighted by molar-refractivity contribution is 0.775. The fraction of sp³-hybridized carbons (Fsp3) is 0.182. The van der Waals surface area contributed by atoms with Crippen LogP contribution in [0, 0.1) is 6.92 Å². The van der Waals surface area contributed by atoms with E-state index >= 15 is 0 Å². The van der Waals surface area contributed by atoms with Gasteiger partial charge >= 0.3 is 0 Å². The molecule has 3 rings (SSSR count). The number of para-hydroxylation sites is 2. The van der Waals surface area contributed by atoms with Crippen LogP contribution in [-0.2, 0) is 7.05 Å². The zero-order valence-electron chi connectivity index (χ0n) is 8.60. The van der Waals surface area contributed by atoms with Crippen LogP contribution < -0.4 is 0 Å². The molecular formula is C11H10N4. The summed E-state index contributed by atoms with van der Waals surface area (Å²) in [5.41, 5.74) is 4.47. The third-order valence-corrected chi connectivity index (χ3v) is 2.50. The molecule has 0 aliphatic carbocycles. The second-order valence-electron chi connectivity index (χ2n) is 3.59. The van der Waals surface area contributed by atoms with Crippen LogP contribution >= 0.6 is 0 Å². The lowest BCUT2D eigenvalue weighted by atomic mass is 10.3. The van der Waals surface area contributed by atoms with Crippen molar-refractivity contribution in [1.82, 2.24) is 19.7 Å². The molecule has 4 heteroatoms. The standard InChI is InChI=1S/C11H10N4/c1-7-10-11(15(2)14-7)13-9-6-4-3-5-8(9)12-10/h3-6H,1-2H3. The van der Waals surface area contributed by atoms with Crippen molar-refractivity contribution in [1.29, 1.82) is 0 Å². The second-order valence-corrected chi connectivity index (χ2v) is 3.59. The molecule has 2 aromatic heterocycles. The van der Waals surface area contributed by atoms with Gasteiger partial charge in [-0.25, -0.2) is 14.6 Å². The number of benzene rings is 1. The molecule has 2 heterocycles. The Hall–Kier alpha value is -1.97. The van der Waals surface area contributed by atoms with E-state index in [0.29, 0.717) is 0 Å². The summed E-state index contributed by atoms with van der Waals surface area (Å²) in [6.45, 7) is 1.95. The first-order valence-electron chi connectivity index (χ1n) is 4.82. The van der Waals surface area contributed by atoms with E-state index in [0.717, 1.165) is 27.9 Å². The molecule has 15 heavy (non-hydrogen) atoms. The van der Waals surface area contributed by atoms with E-state index in [1.807, 2.05) is 38.2 Å². The Morgan fingerprint density at radius 2 is 1.73 bits per heavy atom. The molecule has 0 unspecified atom stereocenters. The molecule has 0 amide bonds. The van der Waals surface area contributed by atoms with Gasteiger partial charge in [-0.1, -0.05) is 12.1 Å². The zero-order chi connectivity index (χ0) is 10.4. The molecule has 4 nitrogen and oxygen atoms in total. The topological polar surface area (TPSA) is 43.6 Å². The summed E-state index contributed by atoms with van der Waals surface area (Å²) in [7, 11) is 1.89. The largest absolute Gasteiger partial charge is 0.249 e. The van der Waals surface area contributed by atoms with Gasteiger partial charge in [-0.3, -0.25) is 0 Å². The van der Waals surface area contributed by atoms with E-state index in [9.17, 15) is 0 Å². The Morgan fingerprint density at radius 1 is 1.07 bits per heavy atom. The van der Waals surface area contributed by atoms with Gasteiger partial charge in [0.25, 0.3) is 0 Å². The van der Waals surface area contributed by atoms with E-state index in [-0.39, 0.29) is 0 Å². The SMILES string of the molecule is Cc1nn(C)c2nc3ccccc3nc12. The summed E-state index contributed by atoms with van der Waals surface area (Å²) in [5, 5.41) is 4.30. The molecule has 0 aliphatic heterocycles. The third kappa shape index (κ3) is 1.11. The zero-order valence-corrected chi connectivity index (χ0v) is 8.60. The molecule has 0 saturated heterocycles. The summed E-state index contributed by atoms with van der Waals surface area (Å²) in [6, 6.07) is 7.86. The van der Waals surface area contributed by atoms with Crippen LogP contribution in [0.4, 0.5) is 0 Å². The Bertz CT molecular complexity index is 599. The molecule has 1 aromatic carbocycles. The van der Waals surface area contributed by atoms with Crippen molar-refractivity contribution in [3.63, 3.8) is 0 Å². The highest BCUT2D eigenvalue weighted by molar-refractivity contribution is 5.85. The average molecular weight is 198 g/mol. The van der Waals surface area contributed by atoms with Gasteiger partial charge in [0, 0.05) is 7.05 Å². The lowest BCUT2D eigenvalue weighted by Crippen LogP contribution is -1.93. The quantitative estimate of drug-likeness (QED) is 0.553. The molecule has 74 valence electrons. The predicted octanol–water partition coefficient (Wildman–Crippen LogP) is 1.82. The van der Waals surface area contributed by atoms with Crippen molar-refractivity contribution in [3.8, 4) is 0 Å². The molecule has 0 saturated carbocycles. The molecule has 0 N–H and O–H groups in total. The van der Waals surface area contributed by atoms with Crippen LogP contribution in [0.2, 0.25) is 0 Å². The summed E-state index contributed by atoms with van der Waals surface area (Å²) in [5.74, 6) is 0. The van der Waals surface area contributed by atoms with Crippen LogP contribution in [0.15, 0.2) is 24.3 Å². The summed E-state index contributed by atoms with van der Waals surface area (Å²) in [6.07, 6.45) is 0. The fourth-order valence-electron chi connectivity index (χ4n) is 1.78. The van der Waals surface area contributed by atoms with Crippen LogP contribution in [-0.4, -0.2) is 19.7 Å². The number of hydrogen-bond donors (Lipinski definition) is 0. The number of nitrogens with zero attached hydrogens (tertiary/aromatic N) is 4. The van der Waals surface area contributed by atoms with Crippen LogP contribution in [0.25, 0.3) is 22.2 Å². The Balaban J connectivity index is 2.55. The van der Waals surface area contributed by atoms with Gasteiger partial charge in [-0.05, 0) is 19.1 Å². The van der Waals surface area contributed by atoms with Crippen LogP contribution in [0.1, 0.15) is 5.69 Å². The first-order chi connectivity index (χ1) is 7.25. The third-order valence-electron chi connectivity index (χ3n) is 2.50. The average Bonchev–Trinajstić information content (AvgIpc) is 2.52. The highest BCUT2D eigenvalue weighted by Gasteiger charge is 2.08. The minimum Gasteiger partial charge on any atom is -0.249 e. The molecular weight excluding hydrogens is 188 g/mol. The number of fused-ring (bicyclic) bond motifs is 2. The Kier molecular flexibility index (Phi) is 1.54. The highest BCUT2D eigenvalue weighted by Crippen LogP contribution is 2.17. The highest BCUT2D eigenvalue weighted by atomic mass is 15.3. The molecule has 0 aliphatic rings. The minimum absolute atomic E-state index is 0.839. The predicted molar refractivity (Wildman–Crippen MR) is 58.5 cm³/mol. The summed E-state index contributed by atoms with van der Waals surface area (Å²) >= 11 is 0. The van der Waals surface area contributed by atoms with Gasteiger partial charge in [0.1, 0.15) is 5.52 Å². The first-order valence-corrected chi connectivity index (χ1v) is 4.82. The lowest BCUT2D eigenvalue weighted by Gasteiger charge is -1.97. The molecule has 0 bridgehead atoms. The number of aromatic nitrogens is 4. The van der Waals surface area contributed by atoms with Crippen molar-refractivity contribution in [2.45, 2.75) is 6.92 Å². The molecule has 3 aromatic rings. The fourth-order valence-corrected chi connectivity index (χ4v) is 1.78. The normalized spacial score (nSPS) is 11.3. The number of hydrogen-bond acceptors (Lipinski definition) is 3. The van der Waals surface area contributed by atoms with Crippen molar-refractivity contribution >= 4 is 22.2 Å². The first kappa shape index (κ1) is 8.35. The van der Waals surface area contributed by atoms with Gasteiger partial charge in [-0.2, -0.15) is 5.10 Å². The van der Waals surface area contributed by atoms with E-state index in [4.69, 9.17) is 0 Å².